The second kappa shape index (κ2) is 16.6. The zero-order chi connectivity index (χ0) is 35.4. The summed E-state index contributed by atoms with van der Waals surface area (Å²) < 4.78 is 0. The Balaban J connectivity index is 0.000000149. The first kappa shape index (κ1) is 36.8. The molecule has 0 fully saturated rings. The fraction of sp³-hybridized carbons (Fsp3) is 0.174. The third-order valence-electron chi connectivity index (χ3n) is 9.42. The van der Waals surface area contributed by atoms with Crippen molar-refractivity contribution < 1.29 is 16.0 Å². The van der Waals surface area contributed by atoms with Gasteiger partial charge in [0.2, 0.25) is 0 Å². The molecule has 0 unspecified atom stereocenters. The van der Waals surface area contributed by atoms with Crippen LogP contribution in [0.1, 0.15) is 50.7 Å². The first-order valence-electron chi connectivity index (χ1n) is 17.5. The summed E-state index contributed by atoms with van der Waals surface area (Å²) in [4.78, 5) is 0. The maximum absolute atomic E-state index is 5.67. The third kappa shape index (κ3) is 8.23. The molecule has 0 spiro atoms. The van der Waals surface area contributed by atoms with Crippen molar-refractivity contribution in [2.24, 2.45) is 0 Å². The molecular formula is C46H44Cl2GeHf-2. The molecule has 0 N–H and O–H groups in total. The van der Waals surface area contributed by atoms with E-state index in [1.54, 1.807) is 0 Å². The van der Waals surface area contributed by atoms with Crippen LogP contribution in [0.5, 0.6) is 0 Å². The molecule has 0 amide bonds. The Labute approximate surface area is 313 Å². The van der Waals surface area contributed by atoms with Crippen LogP contribution in [0.15, 0.2) is 146 Å². The molecule has 0 bridgehead atoms. The number of fused-ring (bicyclic) bond motifs is 4. The van der Waals surface area contributed by atoms with Crippen molar-refractivity contribution in [3.8, 4) is 22.3 Å². The minimum absolute atomic E-state index is 0.563. The number of benzene rings is 6. The molecule has 0 saturated carbocycles. The number of halogens is 2. The molecule has 0 atom stereocenters. The molecule has 8 aromatic carbocycles. The summed E-state index contributed by atoms with van der Waals surface area (Å²) in [5, 5.41) is 10.7. The summed E-state index contributed by atoms with van der Waals surface area (Å²) in [6.07, 6.45) is 0. The van der Waals surface area contributed by atoms with Gasteiger partial charge in [0.25, 0.3) is 0 Å². The van der Waals surface area contributed by atoms with Crippen LogP contribution in [0, 0.1) is 0 Å². The molecule has 252 valence electrons. The third-order valence-corrected chi connectivity index (χ3v) is 57.3. The minimum atomic E-state index is -1.72. The Morgan fingerprint density at radius 1 is 0.460 bits per heavy atom. The maximum atomic E-state index is 5.67. The van der Waals surface area contributed by atoms with Gasteiger partial charge in [0.1, 0.15) is 0 Å². The van der Waals surface area contributed by atoms with Crippen molar-refractivity contribution in [1.82, 2.24) is 0 Å². The molecule has 0 nitrogen and oxygen atoms in total. The fourth-order valence-electron chi connectivity index (χ4n) is 6.57. The van der Waals surface area contributed by atoms with E-state index in [4.69, 9.17) is 17.2 Å². The van der Waals surface area contributed by atoms with Crippen LogP contribution < -0.4 is 0 Å². The Kier molecular flexibility index (Phi) is 12.2. The second-order valence-corrected chi connectivity index (χ2v) is 65.8. The van der Waals surface area contributed by atoms with Gasteiger partial charge in [-0.1, -0.05) is 136 Å². The first-order chi connectivity index (χ1) is 24.1. The molecule has 0 aliphatic carbocycles. The SMILES string of the molecule is CC(C)c1cc2c(-c3cccc4ccccc34)cccc2[cH-]1.CC(C)c1cc2c(-c3cccc4ccccc34)cccc2[cH-]1.[CH3][Ge]([CH3])=[Hf]([Cl])[Cl]. The molecule has 0 aromatic heterocycles. The van der Waals surface area contributed by atoms with Crippen molar-refractivity contribution in [2.75, 3.05) is 0 Å². The molecule has 0 saturated heterocycles. The van der Waals surface area contributed by atoms with Crippen LogP contribution >= 0.6 is 17.2 Å². The van der Waals surface area contributed by atoms with Gasteiger partial charge in [-0.15, -0.1) is 69.1 Å². The van der Waals surface area contributed by atoms with Crippen molar-refractivity contribution in [1.29, 1.82) is 0 Å². The van der Waals surface area contributed by atoms with Gasteiger partial charge in [-0.25, -0.2) is 0 Å². The van der Waals surface area contributed by atoms with Gasteiger partial charge in [-0.2, -0.15) is 12.1 Å². The molecule has 8 aromatic rings. The summed E-state index contributed by atoms with van der Waals surface area (Å²) in [5.41, 5.74) is 8.15. The zero-order valence-electron chi connectivity index (χ0n) is 29.8. The summed E-state index contributed by atoms with van der Waals surface area (Å²) in [6.45, 7) is 9.02. The van der Waals surface area contributed by atoms with E-state index in [0.717, 1.165) is 0 Å². The monoisotopic (exact) mass is 920 g/mol. The predicted molar refractivity (Wildman–Crippen MR) is 222 cm³/mol. The van der Waals surface area contributed by atoms with E-state index in [-0.39, 0.29) is 0 Å². The van der Waals surface area contributed by atoms with E-state index in [2.05, 4.69) is 185 Å². The Morgan fingerprint density at radius 3 is 1.14 bits per heavy atom. The summed E-state index contributed by atoms with van der Waals surface area (Å²) in [5.74, 6) is 5.60. The van der Waals surface area contributed by atoms with E-state index >= 15 is 0 Å². The van der Waals surface area contributed by atoms with Gasteiger partial charge < -0.3 is 0 Å². The van der Waals surface area contributed by atoms with Crippen molar-refractivity contribution in [3.63, 3.8) is 0 Å². The molecular weight excluding hydrogens is 875 g/mol. The van der Waals surface area contributed by atoms with Crippen LogP contribution in [-0.4, -0.2) is 10.1 Å². The molecule has 0 radical (unpaired) electrons. The number of hydrogen-bond donors (Lipinski definition) is 0. The normalized spacial score (nSPS) is 11.2. The second-order valence-electron chi connectivity index (χ2n) is 13.8. The molecule has 4 heteroatoms. The first-order valence-corrected chi connectivity index (χ1v) is 40.9. The Morgan fingerprint density at radius 2 is 0.780 bits per heavy atom. The van der Waals surface area contributed by atoms with Gasteiger partial charge in [0, 0.05) is 0 Å². The van der Waals surface area contributed by atoms with Crippen molar-refractivity contribution in [2.45, 2.75) is 51.0 Å². The zero-order valence-corrected chi connectivity index (χ0v) is 37.0. The van der Waals surface area contributed by atoms with Crippen LogP contribution in [0.3, 0.4) is 0 Å². The van der Waals surface area contributed by atoms with E-state index in [0.29, 0.717) is 11.8 Å². The van der Waals surface area contributed by atoms with Gasteiger partial charge >= 0.3 is 54.7 Å². The van der Waals surface area contributed by atoms with Gasteiger partial charge in [0.05, 0.1) is 0 Å². The van der Waals surface area contributed by atoms with Crippen LogP contribution in [0.2, 0.25) is 11.5 Å². The Hall–Kier alpha value is -2.95. The van der Waals surface area contributed by atoms with Crippen LogP contribution in [0.25, 0.3) is 65.3 Å². The van der Waals surface area contributed by atoms with E-state index < -0.39 is 26.0 Å². The summed E-state index contributed by atoms with van der Waals surface area (Å²) in [7, 11) is 10.6. The van der Waals surface area contributed by atoms with E-state index in [9.17, 15) is 0 Å². The quantitative estimate of drug-likeness (QED) is 0.122. The molecule has 8 rings (SSSR count). The van der Waals surface area contributed by atoms with E-state index in [1.165, 1.54) is 76.5 Å². The average Bonchev–Trinajstić information content (AvgIpc) is 3.77. The summed E-state index contributed by atoms with van der Waals surface area (Å²) >= 11 is -1.72. The fourth-order valence-corrected chi connectivity index (χ4v) is 6.57. The molecule has 0 aliphatic rings. The topological polar surface area (TPSA) is 0 Å². The van der Waals surface area contributed by atoms with Gasteiger partial charge in [-0.3, -0.25) is 0 Å². The molecule has 0 heterocycles. The van der Waals surface area contributed by atoms with Crippen LogP contribution in [-0.2, 0) is 16.0 Å². The number of rotatable bonds is 4. The van der Waals surface area contributed by atoms with Crippen molar-refractivity contribution in [3.05, 3.63) is 157 Å². The standard InChI is InChI=1S/2C22H19.C2H6Ge.2ClH.Hf/c2*1-15(2)18-13-17-9-6-12-21(22(17)14-18)20-11-5-8-16-7-3-4-10-19(16)20;1-3-2;;;/h2*3-15H,1-2H3;1-2H3;2*1H;/q2*-1;;;;+2/p-2. The summed E-state index contributed by atoms with van der Waals surface area (Å²) in [6, 6.07) is 53.0. The average molecular weight is 919 g/mol. The van der Waals surface area contributed by atoms with Crippen LogP contribution in [0.4, 0.5) is 0 Å². The molecule has 0 aliphatic heterocycles. The predicted octanol–water partition coefficient (Wildman–Crippen LogP) is 15.2. The molecule has 50 heavy (non-hydrogen) atoms. The van der Waals surface area contributed by atoms with Crippen molar-refractivity contribution >= 4 is 70.3 Å². The van der Waals surface area contributed by atoms with Gasteiger partial charge in [-0.05, 0) is 44.5 Å². The van der Waals surface area contributed by atoms with Gasteiger partial charge in [0.15, 0.2) is 0 Å². The number of hydrogen-bond acceptors (Lipinski definition) is 0. The Bertz CT molecular complexity index is 2250. The van der Waals surface area contributed by atoms with E-state index in [1.807, 2.05) is 0 Å².